The minimum absolute atomic E-state index is 1.18. The summed E-state index contributed by atoms with van der Waals surface area (Å²) in [5, 5.41) is 7.07. The smallest absolute Gasteiger partial charge is 0.0710 e. The Balaban J connectivity index is 0. The van der Waals surface area contributed by atoms with Crippen LogP contribution in [0, 0.1) is 0 Å². The van der Waals surface area contributed by atoms with E-state index in [0.717, 1.165) is 0 Å². The highest BCUT2D eigenvalue weighted by molar-refractivity contribution is 4.99. The second-order valence-electron chi connectivity index (χ2n) is 1.34. The molecule has 0 aliphatic rings. The van der Waals surface area contributed by atoms with E-state index in [-0.39, 0.29) is 0 Å². The summed E-state index contributed by atoms with van der Waals surface area (Å²) >= 11 is 0. The molecule has 62 valence electrons. The van der Waals surface area contributed by atoms with E-state index in [1.165, 1.54) is 7.11 Å². The molecule has 0 atom stereocenters. The molecule has 1 aromatic rings. The van der Waals surface area contributed by atoms with Gasteiger partial charge in [0.15, 0.2) is 0 Å². The fraction of sp³-hybridized carbons (Fsp3) is 0.111. The van der Waals surface area contributed by atoms with Crippen molar-refractivity contribution in [2.45, 2.75) is 0 Å². The van der Waals surface area contributed by atoms with Gasteiger partial charge >= 0.3 is 0 Å². The molecule has 0 heterocycles. The summed E-state index contributed by atoms with van der Waals surface area (Å²) in [6.07, 6.45) is 0. The van der Waals surface area contributed by atoms with Crippen molar-refractivity contribution in [2.75, 3.05) is 7.11 Å². The third-order valence-corrected chi connectivity index (χ3v) is 0.667. The van der Waals surface area contributed by atoms with E-state index in [0.29, 0.717) is 0 Å². The van der Waals surface area contributed by atoms with Gasteiger partial charge in [0, 0.05) is 0 Å². The quantitative estimate of drug-likeness (QED) is 0.353. The maximum Gasteiger partial charge on any atom is 0.0710 e. The van der Waals surface area contributed by atoms with E-state index in [1.807, 2.05) is 36.4 Å². The van der Waals surface area contributed by atoms with Crippen LogP contribution in [0.4, 0.5) is 0 Å². The zero-order valence-corrected chi connectivity index (χ0v) is 6.73. The third kappa shape index (κ3) is 17.7. The predicted molar refractivity (Wildman–Crippen MR) is 47.3 cm³/mol. The Morgan fingerprint density at radius 1 is 0.909 bits per heavy atom. The second kappa shape index (κ2) is 15.9. The van der Waals surface area contributed by atoms with E-state index < -0.39 is 0 Å². The molecule has 0 radical (unpaired) electrons. The zero-order valence-electron chi connectivity index (χ0n) is 6.73. The van der Waals surface area contributed by atoms with Crippen molar-refractivity contribution >= 4 is 0 Å². The molecule has 0 bridgehead atoms. The minimum Gasteiger partial charge on any atom is -0.252 e. The summed E-state index contributed by atoms with van der Waals surface area (Å²) in [6.45, 7) is 6.00. The molecule has 0 saturated heterocycles. The van der Waals surface area contributed by atoms with E-state index in [2.05, 4.69) is 18.0 Å². The van der Waals surface area contributed by atoms with Crippen molar-refractivity contribution in [3.05, 3.63) is 49.6 Å². The maximum atomic E-state index is 7.07. The van der Waals surface area contributed by atoms with Gasteiger partial charge < -0.3 is 0 Å². The first-order valence-corrected chi connectivity index (χ1v) is 3.09. The van der Waals surface area contributed by atoms with Gasteiger partial charge in [-0.15, -0.1) is 13.2 Å². The molecule has 0 aromatic heterocycles. The molecule has 0 unspecified atom stereocenters. The lowest BCUT2D eigenvalue weighted by atomic mass is 10.4. The number of hydrogen-bond acceptors (Lipinski definition) is 2. The summed E-state index contributed by atoms with van der Waals surface area (Å²) in [4.78, 5) is 3.25. The van der Waals surface area contributed by atoms with Crippen molar-refractivity contribution in [1.82, 2.24) is 0 Å². The van der Waals surface area contributed by atoms with E-state index >= 15 is 0 Å². The molecule has 0 saturated carbocycles. The van der Waals surface area contributed by atoms with Gasteiger partial charge in [-0.3, -0.25) is 5.26 Å². The van der Waals surface area contributed by atoms with Gasteiger partial charge in [0.25, 0.3) is 0 Å². The molecule has 0 fully saturated rings. The Bertz CT molecular complexity index is 102. The van der Waals surface area contributed by atoms with E-state index in [9.17, 15) is 0 Å². The second-order valence-corrected chi connectivity index (χ2v) is 1.34. The Kier molecular flexibility index (Phi) is 18.2. The van der Waals surface area contributed by atoms with Crippen LogP contribution in [0.2, 0.25) is 0 Å². The summed E-state index contributed by atoms with van der Waals surface area (Å²) in [7, 11) is 1.18. The van der Waals surface area contributed by atoms with Crippen LogP contribution in [0.5, 0.6) is 0 Å². The highest BCUT2D eigenvalue weighted by Gasteiger charge is 1.57. The molecule has 1 aromatic carbocycles. The van der Waals surface area contributed by atoms with Gasteiger partial charge in [0.2, 0.25) is 0 Å². The van der Waals surface area contributed by atoms with Crippen molar-refractivity contribution in [1.29, 1.82) is 0 Å². The predicted octanol–water partition coefficient (Wildman–Crippen LogP) is 2.59. The summed E-state index contributed by atoms with van der Waals surface area (Å²) in [5.41, 5.74) is 0. The van der Waals surface area contributed by atoms with Crippen LogP contribution in [0.3, 0.4) is 0 Å². The number of hydrogen-bond donors (Lipinski definition) is 1. The van der Waals surface area contributed by atoms with Crippen LogP contribution in [0.25, 0.3) is 0 Å². The lowest BCUT2D eigenvalue weighted by Crippen LogP contribution is -1.57. The maximum absolute atomic E-state index is 7.07. The van der Waals surface area contributed by atoms with Crippen LogP contribution >= 0.6 is 0 Å². The van der Waals surface area contributed by atoms with E-state index in [1.54, 1.807) is 0 Å². The Morgan fingerprint density at radius 2 is 1.00 bits per heavy atom. The van der Waals surface area contributed by atoms with Gasteiger partial charge in [0.1, 0.15) is 0 Å². The molecular weight excluding hydrogens is 140 g/mol. The average molecular weight is 154 g/mol. The first-order chi connectivity index (χ1) is 5.41. The fourth-order valence-corrected chi connectivity index (χ4v) is 0.385. The molecule has 0 spiro atoms. The molecule has 0 aliphatic heterocycles. The molecule has 2 nitrogen and oxygen atoms in total. The first kappa shape index (κ1) is 12.5. The van der Waals surface area contributed by atoms with E-state index in [4.69, 9.17) is 5.26 Å². The van der Waals surface area contributed by atoms with Crippen LogP contribution in [0.1, 0.15) is 0 Å². The Morgan fingerprint density at radius 3 is 1.09 bits per heavy atom. The highest BCUT2D eigenvalue weighted by Crippen LogP contribution is 1.79. The van der Waals surface area contributed by atoms with Crippen LogP contribution in [0.15, 0.2) is 49.6 Å². The summed E-state index contributed by atoms with van der Waals surface area (Å²) in [6, 6.07) is 12.0. The van der Waals surface area contributed by atoms with Crippen molar-refractivity contribution in [3.63, 3.8) is 0 Å². The summed E-state index contributed by atoms with van der Waals surface area (Å²) in [5.74, 6) is 0. The minimum atomic E-state index is 1.18. The zero-order chi connectivity index (χ0) is 8.95. The standard InChI is InChI=1S/C6H6.C2H4.CH4O2/c1-2-4-6-5-3-1;1-2;1-3-2/h1-6H;1-2H2;2H,1H3. The average Bonchev–Trinajstić information content (AvgIpc) is 2.12. The highest BCUT2D eigenvalue weighted by atomic mass is 17.1. The SMILES string of the molecule is C=C.COO.c1ccccc1. The van der Waals surface area contributed by atoms with Gasteiger partial charge in [0.05, 0.1) is 7.11 Å². The normalized spacial score (nSPS) is 6.36. The van der Waals surface area contributed by atoms with Gasteiger partial charge in [-0.25, -0.2) is 4.89 Å². The number of benzene rings is 1. The van der Waals surface area contributed by atoms with Gasteiger partial charge in [-0.1, -0.05) is 36.4 Å². The van der Waals surface area contributed by atoms with Crippen LogP contribution in [-0.4, -0.2) is 12.4 Å². The Labute approximate surface area is 67.7 Å². The first-order valence-electron chi connectivity index (χ1n) is 3.09. The van der Waals surface area contributed by atoms with Crippen molar-refractivity contribution in [3.8, 4) is 0 Å². The lowest BCUT2D eigenvalue weighted by molar-refractivity contribution is -0.214. The molecule has 2 heteroatoms. The molecule has 11 heavy (non-hydrogen) atoms. The lowest BCUT2D eigenvalue weighted by Gasteiger charge is -1.69. The van der Waals surface area contributed by atoms with Crippen LogP contribution < -0.4 is 0 Å². The molecule has 0 aliphatic carbocycles. The molecular formula is C9H14O2. The summed E-state index contributed by atoms with van der Waals surface area (Å²) < 4.78 is 0. The molecule has 1 N–H and O–H groups in total. The molecule has 1 rings (SSSR count). The van der Waals surface area contributed by atoms with Crippen molar-refractivity contribution in [2.24, 2.45) is 0 Å². The third-order valence-electron chi connectivity index (χ3n) is 0.667. The number of rotatable bonds is 0. The fourth-order valence-electron chi connectivity index (χ4n) is 0.385. The van der Waals surface area contributed by atoms with Crippen molar-refractivity contribution < 1.29 is 10.1 Å². The Hall–Kier alpha value is -1.12. The monoisotopic (exact) mass is 154 g/mol. The van der Waals surface area contributed by atoms with Gasteiger partial charge in [-0.2, -0.15) is 0 Å². The topological polar surface area (TPSA) is 29.5 Å². The van der Waals surface area contributed by atoms with Crippen LogP contribution in [-0.2, 0) is 4.89 Å². The largest absolute Gasteiger partial charge is 0.252 e. The van der Waals surface area contributed by atoms with Gasteiger partial charge in [-0.05, 0) is 0 Å². The molecule has 0 amide bonds.